The zero-order valence-electron chi connectivity index (χ0n) is 16.0. The minimum Gasteiger partial charge on any atom is -0.462 e. The molecule has 2 aromatic heterocycles. The van der Waals surface area contributed by atoms with Gasteiger partial charge in [-0.2, -0.15) is 0 Å². The maximum atomic E-state index is 12.4. The maximum absolute atomic E-state index is 12.4. The Bertz CT molecular complexity index is 1150. The largest absolute Gasteiger partial charge is 0.462 e. The summed E-state index contributed by atoms with van der Waals surface area (Å²) in [5.41, 5.74) is 3.06. The topological polar surface area (TPSA) is 97.0 Å². The molecule has 1 amide bonds. The molecule has 0 aliphatic rings. The lowest BCUT2D eigenvalue weighted by Gasteiger charge is -2.01. The van der Waals surface area contributed by atoms with E-state index in [9.17, 15) is 9.59 Å². The van der Waals surface area contributed by atoms with Crippen molar-refractivity contribution in [1.82, 2.24) is 15.0 Å². The second-order valence-electron chi connectivity index (χ2n) is 6.18. The van der Waals surface area contributed by atoms with E-state index in [0.717, 1.165) is 27.9 Å². The zero-order chi connectivity index (χ0) is 20.9. The molecule has 2 heterocycles. The predicted octanol–water partition coefficient (Wildman–Crippen LogP) is 4.59. The Morgan fingerprint density at radius 3 is 2.63 bits per heavy atom. The van der Waals surface area contributed by atoms with Gasteiger partial charge in [0.2, 0.25) is 5.91 Å². The molecule has 0 fully saturated rings. The van der Waals surface area contributed by atoms with Gasteiger partial charge in [-0.3, -0.25) is 4.79 Å². The van der Waals surface area contributed by atoms with Gasteiger partial charge < -0.3 is 15.0 Å². The van der Waals surface area contributed by atoms with E-state index >= 15 is 0 Å². The number of nitrogens with one attached hydrogen (secondary N) is 2. The molecule has 30 heavy (non-hydrogen) atoms. The predicted molar refractivity (Wildman–Crippen MR) is 119 cm³/mol. The standard InChI is InChI=1S/C21H18N4O3S2/c1-2-28-19(27)18-17(13-8-4-3-5-9-13)25-21(30-18)24-16(26)12-29-20-22-14-10-6-7-11-15(14)23-20/h3-11H,2,12H2,1H3,(H,22,23)(H,24,25,26). The number of aromatic nitrogens is 3. The summed E-state index contributed by atoms with van der Waals surface area (Å²) in [7, 11) is 0. The van der Waals surface area contributed by atoms with Crippen molar-refractivity contribution in [1.29, 1.82) is 0 Å². The fourth-order valence-corrected chi connectivity index (χ4v) is 4.37. The average molecular weight is 439 g/mol. The summed E-state index contributed by atoms with van der Waals surface area (Å²) in [6, 6.07) is 17.0. The zero-order valence-corrected chi connectivity index (χ0v) is 17.7. The summed E-state index contributed by atoms with van der Waals surface area (Å²) < 4.78 is 5.14. The first-order valence-corrected chi connectivity index (χ1v) is 11.0. The van der Waals surface area contributed by atoms with Gasteiger partial charge in [-0.25, -0.2) is 14.8 Å². The summed E-state index contributed by atoms with van der Waals surface area (Å²) in [5, 5.41) is 3.79. The highest BCUT2D eigenvalue weighted by Crippen LogP contribution is 2.32. The first kappa shape index (κ1) is 20.1. The fraction of sp³-hybridized carbons (Fsp3) is 0.143. The molecule has 152 valence electrons. The van der Waals surface area contributed by atoms with E-state index in [4.69, 9.17) is 4.74 Å². The van der Waals surface area contributed by atoms with Crippen molar-refractivity contribution in [2.75, 3.05) is 17.7 Å². The van der Waals surface area contributed by atoms with Gasteiger partial charge in [-0.05, 0) is 19.1 Å². The molecule has 0 spiro atoms. The van der Waals surface area contributed by atoms with Crippen LogP contribution in [-0.4, -0.2) is 39.2 Å². The molecule has 0 aliphatic heterocycles. The smallest absolute Gasteiger partial charge is 0.350 e. The van der Waals surface area contributed by atoms with Crippen LogP contribution in [0.5, 0.6) is 0 Å². The van der Waals surface area contributed by atoms with Crippen LogP contribution in [0, 0.1) is 0 Å². The molecule has 0 unspecified atom stereocenters. The third-order valence-electron chi connectivity index (χ3n) is 4.09. The van der Waals surface area contributed by atoms with Crippen molar-refractivity contribution >= 4 is 51.1 Å². The molecule has 4 rings (SSSR count). The number of fused-ring (bicyclic) bond motifs is 1. The van der Waals surface area contributed by atoms with Gasteiger partial charge in [-0.1, -0.05) is 65.6 Å². The Kier molecular flexibility index (Phi) is 6.10. The number of aromatic amines is 1. The number of anilines is 1. The number of hydrogen-bond donors (Lipinski definition) is 2. The van der Waals surface area contributed by atoms with E-state index in [2.05, 4.69) is 20.3 Å². The summed E-state index contributed by atoms with van der Waals surface area (Å²) >= 11 is 2.41. The maximum Gasteiger partial charge on any atom is 0.350 e. The number of para-hydroxylation sites is 2. The quantitative estimate of drug-likeness (QED) is 0.323. The van der Waals surface area contributed by atoms with Crippen LogP contribution >= 0.6 is 23.1 Å². The van der Waals surface area contributed by atoms with E-state index in [1.165, 1.54) is 11.8 Å². The van der Waals surface area contributed by atoms with Gasteiger partial charge >= 0.3 is 5.97 Å². The summed E-state index contributed by atoms with van der Waals surface area (Å²) in [4.78, 5) is 37.2. The monoisotopic (exact) mass is 438 g/mol. The molecular weight excluding hydrogens is 420 g/mol. The summed E-state index contributed by atoms with van der Waals surface area (Å²) in [6.07, 6.45) is 0. The lowest BCUT2D eigenvalue weighted by Crippen LogP contribution is -2.13. The molecule has 9 heteroatoms. The molecule has 7 nitrogen and oxygen atoms in total. The van der Waals surface area contributed by atoms with Crippen LogP contribution in [0.4, 0.5) is 5.13 Å². The lowest BCUT2D eigenvalue weighted by atomic mass is 10.1. The van der Waals surface area contributed by atoms with Crippen molar-refractivity contribution < 1.29 is 14.3 Å². The average Bonchev–Trinajstić information content (AvgIpc) is 3.37. The van der Waals surface area contributed by atoms with E-state index in [1.54, 1.807) is 6.92 Å². The number of benzene rings is 2. The Morgan fingerprint density at radius 1 is 1.10 bits per heavy atom. The van der Waals surface area contributed by atoms with Crippen LogP contribution in [0.2, 0.25) is 0 Å². The molecule has 4 aromatic rings. The van der Waals surface area contributed by atoms with Gasteiger partial charge in [0.25, 0.3) is 0 Å². The van der Waals surface area contributed by atoms with E-state index in [0.29, 0.717) is 20.9 Å². The van der Waals surface area contributed by atoms with Crippen LogP contribution in [0.3, 0.4) is 0 Å². The van der Waals surface area contributed by atoms with Gasteiger partial charge in [0.05, 0.1) is 29.1 Å². The molecule has 0 atom stereocenters. The number of esters is 1. The second-order valence-corrected chi connectivity index (χ2v) is 8.14. The fourth-order valence-electron chi connectivity index (χ4n) is 2.79. The molecular formula is C21H18N4O3S2. The normalized spacial score (nSPS) is 10.8. The minimum absolute atomic E-state index is 0.162. The van der Waals surface area contributed by atoms with Crippen LogP contribution < -0.4 is 5.32 Å². The second kappa shape index (κ2) is 9.10. The molecule has 0 bridgehead atoms. The number of thiazole rings is 1. The molecule has 0 saturated heterocycles. The number of ether oxygens (including phenoxy) is 1. The highest BCUT2D eigenvalue weighted by Gasteiger charge is 2.21. The first-order chi connectivity index (χ1) is 14.6. The molecule has 0 saturated carbocycles. The third kappa shape index (κ3) is 4.52. The number of rotatable bonds is 7. The van der Waals surface area contributed by atoms with Gasteiger partial charge in [0.1, 0.15) is 4.88 Å². The van der Waals surface area contributed by atoms with Crippen molar-refractivity contribution in [3.8, 4) is 11.3 Å². The number of amides is 1. The van der Waals surface area contributed by atoms with Crippen molar-refractivity contribution in [3.05, 3.63) is 59.5 Å². The number of H-pyrrole nitrogens is 1. The number of thioether (sulfide) groups is 1. The Morgan fingerprint density at radius 2 is 1.87 bits per heavy atom. The van der Waals surface area contributed by atoms with E-state index in [1.807, 2.05) is 54.6 Å². The lowest BCUT2D eigenvalue weighted by molar-refractivity contribution is -0.113. The van der Waals surface area contributed by atoms with E-state index < -0.39 is 5.97 Å². The summed E-state index contributed by atoms with van der Waals surface area (Å²) in [5.74, 6) is -0.523. The third-order valence-corrected chi connectivity index (χ3v) is 5.91. The molecule has 0 aliphatic carbocycles. The van der Waals surface area contributed by atoms with Crippen molar-refractivity contribution in [2.24, 2.45) is 0 Å². The highest BCUT2D eigenvalue weighted by molar-refractivity contribution is 7.99. The number of carbonyl (C=O) groups excluding carboxylic acids is 2. The van der Waals surface area contributed by atoms with Crippen molar-refractivity contribution in [3.63, 3.8) is 0 Å². The van der Waals surface area contributed by atoms with E-state index in [-0.39, 0.29) is 18.3 Å². The Labute approximate surface area is 180 Å². The number of hydrogen-bond acceptors (Lipinski definition) is 7. The van der Waals surface area contributed by atoms with Crippen LogP contribution in [0.15, 0.2) is 59.8 Å². The summed E-state index contributed by atoms with van der Waals surface area (Å²) in [6.45, 7) is 2.01. The number of nitrogens with zero attached hydrogens (tertiary/aromatic N) is 2. The molecule has 0 radical (unpaired) electrons. The molecule has 2 aromatic carbocycles. The Balaban J connectivity index is 1.47. The van der Waals surface area contributed by atoms with Crippen LogP contribution in [-0.2, 0) is 9.53 Å². The van der Waals surface area contributed by atoms with Crippen LogP contribution in [0.1, 0.15) is 16.6 Å². The first-order valence-electron chi connectivity index (χ1n) is 9.25. The van der Waals surface area contributed by atoms with Gasteiger partial charge in [0, 0.05) is 5.56 Å². The SMILES string of the molecule is CCOC(=O)c1sc(NC(=O)CSc2nc3ccccc3[nH]2)nc1-c1ccccc1. The van der Waals surface area contributed by atoms with Crippen molar-refractivity contribution in [2.45, 2.75) is 12.1 Å². The van der Waals surface area contributed by atoms with Crippen LogP contribution in [0.25, 0.3) is 22.3 Å². The number of carbonyl (C=O) groups is 2. The van der Waals surface area contributed by atoms with Gasteiger partial charge in [-0.15, -0.1) is 0 Å². The highest BCUT2D eigenvalue weighted by atomic mass is 32.2. The minimum atomic E-state index is -0.453. The van der Waals surface area contributed by atoms with Gasteiger partial charge in [0.15, 0.2) is 10.3 Å². The Hall–Kier alpha value is -3.17. The number of imidazole rings is 1. The molecule has 2 N–H and O–H groups in total.